The molecular weight excluding hydrogens is 366 g/mol. The van der Waals surface area contributed by atoms with Crippen molar-refractivity contribution in [2.75, 3.05) is 13.7 Å². The average molecular weight is 392 g/mol. The Morgan fingerprint density at radius 2 is 1.75 bits per heavy atom. The van der Waals surface area contributed by atoms with E-state index in [1.807, 2.05) is 36.4 Å². The first-order chi connectivity index (χ1) is 13.7. The SMILES string of the molecule is COc1ccc(C(=O)NCCc2ccccc2)cc1CSc1ccc(C)cc1. The first kappa shape index (κ1) is 20.0. The highest BCUT2D eigenvalue weighted by atomic mass is 32.2. The van der Waals surface area contributed by atoms with E-state index >= 15 is 0 Å². The zero-order valence-electron chi connectivity index (χ0n) is 16.3. The summed E-state index contributed by atoms with van der Waals surface area (Å²) in [6.07, 6.45) is 0.818. The van der Waals surface area contributed by atoms with Gasteiger partial charge in [0.15, 0.2) is 0 Å². The number of carbonyl (C=O) groups excluding carboxylic acids is 1. The Bertz CT molecular complexity index is 908. The molecule has 0 saturated heterocycles. The van der Waals surface area contributed by atoms with E-state index < -0.39 is 0 Å². The Balaban J connectivity index is 1.62. The molecule has 0 saturated carbocycles. The number of ether oxygens (including phenoxy) is 1. The molecule has 0 radical (unpaired) electrons. The quantitative estimate of drug-likeness (QED) is 0.532. The lowest BCUT2D eigenvalue weighted by Crippen LogP contribution is -2.25. The van der Waals surface area contributed by atoms with Crippen LogP contribution in [0.25, 0.3) is 0 Å². The number of hydrogen-bond acceptors (Lipinski definition) is 3. The van der Waals surface area contributed by atoms with E-state index in [0.29, 0.717) is 12.1 Å². The molecule has 4 heteroatoms. The van der Waals surface area contributed by atoms with Gasteiger partial charge in [-0.1, -0.05) is 48.0 Å². The van der Waals surface area contributed by atoms with Crippen molar-refractivity contribution in [1.82, 2.24) is 5.32 Å². The lowest BCUT2D eigenvalue weighted by atomic mass is 10.1. The third-order valence-corrected chi connectivity index (χ3v) is 5.56. The number of hydrogen-bond donors (Lipinski definition) is 1. The van der Waals surface area contributed by atoms with Crippen molar-refractivity contribution in [3.63, 3.8) is 0 Å². The highest BCUT2D eigenvalue weighted by molar-refractivity contribution is 7.98. The highest BCUT2D eigenvalue weighted by Gasteiger charge is 2.11. The van der Waals surface area contributed by atoms with Gasteiger partial charge in [-0.25, -0.2) is 0 Å². The van der Waals surface area contributed by atoms with Crippen LogP contribution in [0.5, 0.6) is 5.75 Å². The summed E-state index contributed by atoms with van der Waals surface area (Å²) in [5.41, 5.74) is 4.14. The molecule has 3 aromatic carbocycles. The molecule has 1 amide bonds. The lowest BCUT2D eigenvalue weighted by Gasteiger charge is -2.11. The molecular formula is C24H25NO2S. The zero-order chi connectivity index (χ0) is 19.8. The Morgan fingerprint density at radius 1 is 1.00 bits per heavy atom. The van der Waals surface area contributed by atoms with Crippen molar-refractivity contribution >= 4 is 17.7 Å². The molecule has 1 N–H and O–H groups in total. The van der Waals surface area contributed by atoms with Crippen molar-refractivity contribution in [3.05, 3.63) is 95.1 Å². The topological polar surface area (TPSA) is 38.3 Å². The Kier molecular flexibility index (Phi) is 7.15. The number of amides is 1. The molecule has 0 spiro atoms. The Morgan fingerprint density at radius 3 is 2.46 bits per heavy atom. The van der Waals surface area contributed by atoms with Gasteiger partial charge >= 0.3 is 0 Å². The smallest absolute Gasteiger partial charge is 0.251 e. The molecule has 0 aliphatic carbocycles. The maximum Gasteiger partial charge on any atom is 0.251 e. The average Bonchev–Trinajstić information content (AvgIpc) is 2.74. The van der Waals surface area contributed by atoms with E-state index in [1.54, 1.807) is 18.9 Å². The molecule has 3 aromatic rings. The summed E-state index contributed by atoms with van der Waals surface area (Å²) in [5.74, 6) is 1.50. The molecule has 0 heterocycles. The molecule has 0 aliphatic rings. The maximum atomic E-state index is 12.5. The highest BCUT2D eigenvalue weighted by Crippen LogP contribution is 2.29. The monoisotopic (exact) mass is 391 g/mol. The van der Waals surface area contributed by atoms with Crippen LogP contribution in [0, 0.1) is 6.92 Å². The van der Waals surface area contributed by atoms with Gasteiger partial charge in [-0.2, -0.15) is 0 Å². The Labute approximate surface area is 171 Å². The summed E-state index contributed by atoms with van der Waals surface area (Å²) in [6, 6.07) is 24.2. The van der Waals surface area contributed by atoms with Gasteiger partial charge in [-0.15, -0.1) is 11.8 Å². The second kappa shape index (κ2) is 10.00. The predicted octanol–water partition coefficient (Wildman–Crippen LogP) is 5.27. The minimum atomic E-state index is -0.0554. The molecule has 0 aromatic heterocycles. The molecule has 3 rings (SSSR count). The van der Waals surface area contributed by atoms with E-state index in [0.717, 1.165) is 23.5 Å². The van der Waals surface area contributed by atoms with Crippen LogP contribution in [0.4, 0.5) is 0 Å². The van der Waals surface area contributed by atoms with Crippen molar-refractivity contribution in [1.29, 1.82) is 0 Å². The van der Waals surface area contributed by atoms with Crippen LogP contribution < -0.4 is 10.1 Å². The number of aryl methyl sites for hydroxylation is 1. The second-order valence-electron chi connectivity index (χ2n) is 6.62. The van der Waals surface area contributed by atoms with E-state index in [9.17, 15) is 4.79 Å². The summed E-state index contributed by atoms with van der Waals surface area (Å²) in [5, 5.41) is 3.01. The van der Waals surface area contributed by atoms with Crippen LogP contribution >= 0.6 is 11.8 Å². The summed E-state index contributed by atoms with van der Waals surface area (Å²) < 4.78 is 5.48. The van der Waals surface area contributed by atoms with Crippen molar-refractivity contribution in [2.45, 2.75) is 24.0 Å². The standard InChI is InChI=1S/C24H25NO2S/c1-18-8-11-22(12-9-18)28-17-21-16-20(10-13-23(21)27-2)24(26)25-15-14-19-6-4-3-5-7-19/h3-13,16H,14-15,17H2,1-2H3,(H,25,26). The van der Waals surface area contributed by atoms with Crippen LogP contribution in [0.2, 0.25) is 0 Å². The lowest BCUT2D eigenvalue weighted by molar-refractivity contribution is 0.0954. The minimum Gasteiger partial charge on any atom is -0.496 e. The van der Waals surface area contributed by atoms with Crippen LogP contribution in [0.15, 0.2) is 77.7 Å². The number of benzene rings is 3. The van der Waals surface area contributed by atoms with Gasteiger partial charge in [0.2, 0.25) is 0 Å². The van der Waals surface area contributed by atoms with E-state index in [1.165, 1.54) is 16.0 Å². The van der Waals surface area contributed by atoms with Crippen molar-refractivity contribution in [2.24, 2.45) is 0 Å². The minimum absolute atomic E-state index is 0.0554. The first-order valence-electron chi connectivity index (χ1n) is 9.34. The second-order valence-corrected chi connectivity index (χ2v) is 7.67. The summed E-state index contributed by atoms with van der Waals surface area (Å²) in [6.45, 7) is 2.69. The largest absolute Gasteiger partial charge is 0.496 e. The first-order valence-corrected chi connectivity index (χ1v) is 10.3. The van der Waals surface area contributed by atoms with Gasteiger partial charge < -0.3 is 10.1 Å². The molecule has 28 heavy (non-hydrogen) atoms. The number of nitrogens with one attached hydrogen (secondary N) is 1. The Hall–Kier alpha value is -2.72. The third kappa shape index (κ3) is 5.64. The summed E-state index contributed by atoms with van der Waals surface area (Å²) >= 11 is 1.74. The van der Waals surface area contributed by atoms with E-state index in [4.69, 9.17) is 4.74 Å². The van der Waals surface area contributed by atoms with Crippen LogP contribution in [0.3, 0.4) is 0 Å². The fraction of sp³-hybridized carbons (Fsp3) is 0.208. The maximum absolute atomic E-state index is 12.5. The van der Waals surface area contributed by atoms with Crippen LogP contribution in [-0.2, 0) is 12.2 Å². The number of rotatable bonds is 8. The van der Waals surface area contributed by atoms with Gasteiger partial charge in [-0.3, -0.25) is 4.79 Å². The normalized spacial score (nSPS) is 10.5. The van der Waals surface area contributed by atoms with E-state index in [-0.39, 0.29) is 5.91 Å². The van der Waals surface area contributed by atoms with Gasteiger partial charge in [0.25, 0.3) is 5.91 Å². The van der Waals surface area contributed by atoms with Crippen molar-refractivity contribution < 1.29 is 9.53 Å². The number of carbonyl (C=O) groups is 1. The van der Waals surface area contributed by atoms with Crippen LogP contribution in [0.1, 0.15) is 27.0 Å². The fourth-order valence-electron chi connectivity index (χ4n) is 2.90. The van der Waals surface area contributed by atoms with Gasteiger partial charge in [0, 0.05) is 28.3 Å². The van der Waals surface area contributed by atoms with E-state index in [2.05, 4.69) is 48.6 Å². The molecule has 144 valence electrons. The number of methoxy groups -OCH3 is 1. The molecule has 0 aliphatic heterocycles. The third-order valence-electron chi connectivity index (χ3n) is 4.50. The van der Waals surface area contributed by atoms with Crippen LogP contribution in [-0.4, -0.2) is 19.6 Å². The zero-order valence-corrected chi connectivity index (χ0v) is 17.1. The molecule has 0 unspecified atom stereocenters. The van der Waals surface area contributed by atoms with Crippen molar-refractivity contribution in [3.8, 4) is 5.75 Å². The molecule has 0 bridgehead atoms. The molecule has 0 atom stereocenters. The van der Waals surface area contributed by atoms with Gasteiger partial charge in [0.05, 0.1) is 7.11 Å². The predicted molar refractivity (Wildman–Crippen MR) is 116 cm³/mol. The fourth-order valence-corrected chi connectivity index (χ4v) is 3.77. The summed E-state index contributed by atoms with van der Waals surface area (Å²) in [7, 11) is 1.66. The summed E-state index contributed by atoms with van der Waals surface area (Å²) in [4.78, 5) is 13.7. The molecule has 3 nitrogen and oxygen atoms in total. The molecule has 0 fully saturated rings. The van der Waals surface area contributed by atoms with Gasteiger partial charge in [-0.05, 0) is 49.2 Å². The number of thioether (sulfide) groups is 1. The van der Waals surface area contributed by atoms with Gasteiger partial charge in [0.1, 0.15) is 5.75 Å².